The van der Waals surface area contributed by atoms with E-state index in [-0.39, 0.29) is 8.41 Å². The summed E-state index contributed by atoms with van der Waals surface area (Å²) < 4.78 is 15.6. The second-order valence-corrected chi connectivity index (χ2v) is 15.0. The molecular formula is C35H34BO2P2. The lowest BCUT2D eigenvalue weighted by molar-refractivity contribution is 0.164. The lowest BCUT2D eigenvalue weighted by Gasteiger charge is -2.35. The van der Waals surface area contributed by atoms with Crippen molar-refractivity contribution in [1.29, 1.82) is 0 Å². The maximum absolute atomic E-state index is 15.6. The normalized spacial score (nSPS) is 12.8. The molecule has 2 atom stereocenters. The van der Waals surface area contributed by atoms with E-state index < -0.39 is 26.8 Å². The van der Waals surface area contributed by atoms with Gasteiger partial charge in [0.05, 0.1) is 11.8 Å². The zero-order valence-corrected chi connectivity index (χ0v) is 24.3. The standard InChI is InChI=1S/C35H34O2P2.B/c36-34(27-26-29-16-6-1-7-17-29)35(28-38(30-18-8-2-9-19-30)31-20-10-3-11-21-31)39(37,32-22-12-4-13-23-32)33-24-14-5-15-25-33;/h1-25,34-36H,26-28H2;/t34-,35+;/m1./s1. The Bertz CT molecular complexity index is 1380. The molecule has 0 aliphatic rings. The van der Waals surface area contributed by atoms with Crippen LogP contribution in [0, 0.1) is 0 Å². The highest BCUT2D eigenvalue weighted by Gasteiger charge is 2.42. The monoisotopic (exact) mass is 559 g/mol. The third-order valence-corrected chi connectivity index (χ3v) is 13.7. The van der Waals surface area contributed by atoms with Crippen LogP contribution < -0.4 is 21.2 Å². The maximum Gasteiger partial charge on any atom is 0.149 e. The van der Waals surface area contributed by atoms with Crippen LogP contribution in [0.3, 0.4) is 0 Å². The number of aliphatic hydroxyl groups is 1. The fraction of sp³-hybridized carbons (Fsp3) is 0.143. The molecule has 0 amide bonds. The zero-order valence-electron chi connectivity index (χ0n) is 22.5. The van der Waals surface area contributed by atoms with Crippen LogP contribution >= 0.6 is 15.1 Å². The van der Waals surface area contributed by atoms with E-state index in [4.69, 9.17) is 0 Å². The van der Waals surface area contributed by atoms with Crippen molar-refractivity contribution in [3.63, 3.8) is 0 Å². The van der Waals surface area contributed by atoms with Crippen molar-refractivity contribution in [2.24, 2.45) is 0 Å². The molecule has 199 valence electrons. The highest BCUT2D eigenvalue weighted by molar-refractivity contribution is 7.81. The summed E-state index contributed by atoms with van der Waals surface area (Å²) in [5, 5.41) is 16.1. The van der Waals surface area contributed by atoms with Gasteiger partial charge in [-0.15, -0.1) is 0 Å². The Morgan fingerprint density at radius 3 is 1.38 bits per heavy atom. The molecule has 5 heteroatoms. The van der Waals surface area contributed by atoms with Crippen molar-refractivity contribution in [1.82, 2.24) is 0 Å². The Labute approximate surface area is 241 Å². The molecule has 0 heterocycles. The summed E-state index contributed by atoms with van der Waals surface area (Å²) in [5.41, 5.74) is 0.732. The predicted octanol–water partition coefficient (Wildman–Crippen LogP) is 6.11. The summed E-state index contributed by atoms with van der Waals surface area (Å²) in [5.74, 6) is 0. The molecule has 5 aromatic rings. The van der Waals surface area contributed by atoms with Gasteiger partial charge in [-0.3, -0.25) is 0 Å². The van der Waals surface area contributed by atoms with Gasteiger partial charge in [-0.2, -0.15) is 0 Å². The van der Waals surface area contributed by atoms with E-state index in [2.05, 4.69) is 60.7 Å². The SMILES string of the molecule is O=P(c1ccccc1)(c1ccccc1)[C@@H](CP(c1ccccc1)c1ccccc1)[C@H](O)CCc1ccccc1.[B]. The van der Waals surface area contributed by atoms with Crippen molar-refractivity contribution in [3.05, 3.63) is 157 Å². The van der Waals surface area contributed by atoms with Crippen molar-refractivity contribution in [3.8, 4) is 0 Å². The Morgan fingerprint density at radius 1 is 0.575 bits per heavy atom. The second kappa shape index (κ2) is 14.4. The van der Waals surface area contributed by atoms with E-state index in [1.807, 2.05) is 91.0 Å². The fourth-order valence-corrected chi connectivity index (χ4v) is 12.0. The summed E-state index contributed by atoms with van der Waals surface area (Å²) in [6, 6.07) is 50.9. The quantitative estimate of drug-likeness (QED) is 0.157. The molecule has 0 fully saturated rings. The van der Waals surface area contributed by atoms with Gasteiger partial charge in [0.15, 0.2) is 0 Å². The van der Waals surface area contributed by atoms with Gasteiger partial charge < -0.3 is 9.67 Å². The van der Waals surface area contributed by atoms with Gasteiger partial charge in [0.2, 0.25) is 0 Å². The van der Waals surface area contributed by atoms with Gasteiger partial charge in [-0.25, -0.2) is 0 Å². The minimum absolute atomic E-state index is 0. The van der Waals surface area contributed by atoms with E-state index in [0.717, 1.165) is 17.0 Å². The molecule has 0 aliphatic carbocycles. The van der Waals surface area contributed by atoms with E-state index in [1.165, 1.54) is 16.2 Å². The molecule has 0 spiro atoms. The van der Waals surface area contributed by atoms with Crippen LogP contribution in [-0.2, 0) is 11.0 Å². The molecule has 3 radical (unpaired) electrons. The average Bonchev–Trinajstić information content (AvgIpc) is 3.02. The number of rotatable bonds is 11. The lowest BCUT2D eigenvalue weighted by Crippen LogP contribution is -2.38. The van der Waals surface area contributed by atoms with Crippen molar-refractivity contribution < 1.29 is 9.67 Å². The first-order valence-electron chi connectivity index (χ1n) is 13.5. The molecule has 0 aliphatic heterocycles. The first-order valence-corrected chi connectivity index (χ1v) is 16.8. The van der Waals surface area contributed by atoms with Crippen LogP contribution in [-0.4, -0.2) is 31.4 Å². The number of aliphatic hydroxyl groups excluding tert-OH is 1. The largest absolute Gasteiger partial charge is 0.392 e. The first-order chi connectivity index (χ1) is 19.2. The predicted molar refractivity (Wildman–Crippen MR) is 174 cm³/mol. The summed E-state index contributed by atoms with van der Waals surface area (Å²) in [6.45, 7) is 0. The summed E-state index contributed by atoms with van der Waals surface area (Å²) in [7, 11) is -4.11. The molecule has 0 saturated carbocycles. The van der Waals surface area contributed by atoms with Crippen LogP contribution in [0.15, 0.2) is 152 Å². The Hall–Kier alpha value is -3.22. The fourth-order valence-electron chi connectivity index (χ4n) is 5.22. The summed E-state index contributed by atoms with van der Waals surface area (Å²) >= 11 is 0. The second-order valence-electron chi connectivity index (χ2n) is 9.77. The van der Waals surface area contributed by atoms with E-state index in [1.54, 1.807) is 0 Å². The van der Waals surface area contributed by atoms with E-state index in [0.29, 0.717) is 12.6 Å². The van der Waals surface area contributed by atoms with Gasteiger partial charge in [0.1, 0.15) is 7.14 Å². The Kier molecular flexibility index (Phi) is 10.7. The molecule has 0 saturated heterocycles. The average molecular weight is 559 g/mol. The topological polar surface area (TPSA) is 37.3 Å². The minimum Gasteiger partial charge on any atom is -0.392 e. The van der Waals surface area contributed by atoms with Crippen LogP contribution in [0.2, 0.25) is 0 Å². The molecule has 0 bridgehead atoms. The lowest BCUT2D eigenvalue weighted by atomic mass is 10.1. The number of benzene rings is 5. The molecule has 5 rings (SSSR count). The summed E-state index contributed by atoms with van der Waals surface area (Å²) in [6.07, 6.45) is 1.16. The zero-order chi connectivity index (χ0) is 26.9. The number of hydrogen-bond donors (Lipinski definition) is 1. The van der Waals surface area contributed by atoms with Gasteiger partial charge in [0.25, 0.3) is 0 Å². The van der Waals surface area contributed by atoms with Crippen LogP contribution in [0.1, 0.15) is 12.0 Å². The highest BCUT2D eigenvalue weighted by Crippen LogP contribution is 2.54. The molecule has 0 unspecified atom stereocenters. The van der Waals surface area contributed by atoms with Gasteiger partial charge in [-0.1, -0.05) is 152 Å². The minimum atomic E-state index is -3.24. The molecule has 5 aromatic carbocycles. The smallest absolute Gasteiger partial charge is 0.149 e. The maximum atomic E-state index is 15.6. The van der Waals surface area contributed by atoms with Crippen LogP contribution in [0.4, 0.5) is 0 Å². The highest BCUT2D eigenvalue weighted by atomic mass is 31.2. The van der Waals surface area contributed by atoms with E-state index >= 15 is 4.57 Å². The summed E-state index contributed by atoms with van der Waals surface area (Å²) in [4.78, 5) is 0. The third kappa shape index (κ3) is 6.91. The van der Waals surface area contributed by atoms with Gasteiger partial charge in [0, 0.05) is 19.0 Å². The molecule has 0 aromatic heterocycles. The molecule has 1 N–H and O–H groups in total. The molecule has 2 nitrogen and oxygen atoms in total. The number of aryl methyl sites for hydroxylation is 1. The molecule has 40 heavy (non-hydrogen) atoms. The molecular weight excluding hydrogens is 525 g/mol. The van der Waals surface area contributed by atoms with Crippen molar-refractivity contribution >= 4 is 44.7 Å². The number of hydrogen-bond acceptors (Lipinski definition) is 2. The first kappa shape index (κ1) is 29.8. The Morgan fingerprint density at radius 2 is 0.950 bits per heavy atom. The van der Waals surface area contributed by atoms with Crippen LogP contribution in [0.5, 0.6) is 0 Å². The van der Waals surface area contributed by atoms with Crippen molar-refractivity contribution in [2.75, 3.05) is 6.16 Å². The van der Waals surface area contributed by atoms with Crippen LogP contribution in [0.25, 0.3) is 0 Å². The van der Waals surface area contributed by atoms with E-state index in [9.17, 15) is 5.11 Å². The van der Waals surface area contributed by atoms with Gasteiger partial charge >= 0.3 is 0 Å². The van der Waals surface area contributed by atoms with Crippen molar-refractivity contribution in [2.45, 2.75) is 24.6 Å². The van der Waals surface area contributed by atoms with Gasteiger partial charge in [-0.05, 0) is 43.1 Å². The Balaban J connectivity index is 0.00000370. The third-order valence-electron chi connectivity index (χ3n) is 7.27.